The van der Waals surface area contributed by atoms with E-state index in [1.807, 2.05) is 18.2 Å². The van der Waals surface area contributed by atoms with E-state index >= 15 is 0 Å². The normalized spacial score (nSPS) is 13.5. The summed E-state index contributed by atoms with van der Waals surface area (Å²) in [6.07, 6.45) is 0.890. The molecule has 0 atom stereocenters. The van der Waals surface area contributed by atoms with E-state index in [-0.39, 0.29) is 0 Å². The van der Waals surface area contributed by atoms with E-state index in [2.05, 4.69) is 5.16 Å². The molecule has 0 aliphatic carbocycles. The lowest BCUT2D eigenvalue weighted by atomic mass is 10.1. The van der Waals surface area contributed by atoms with Crippen LogP contribution < -0.4 is 4.74 Å². The maximum absolute atomic E-state index is 11.9. The van der Waals surface area contributed by atoms with Gasteiger partial charge in [-0.2, -0.15) is 0 Å². The number of carbonyl (C=O) groups excluding carboxylic acids is 1. The number of rotatable bonds is 3. The highest BCUT2D eigenvalue weighted by Crippen LogP contribution is 2.26. The Bertz CT molecular complexity index is 738. The van der Waals surface area contributed by atoms with Crippen molar-refractivity contribution in [3.8, 4) is 5.75 Å². The number of hydrogen-bond donors (Lipinski definition) is 0. The molecule has 0 unspecified atom stereocenters. The molecule has 0 amide bonds. The maximum atomic E-state index is 11.9. The van der Waals surface area contributed by atoms with Crippen molar-refractivity contribution in [1.82, 2.24) is 0 Å². The number of nitrogens with zero attached hydrogens (tertiary/aromatic N) is 1. The van der Waals surface area contributed by atoms with Crippen molar-refractivity contribution in [2.75, 3.05) is 6.61 Å². The zero-order valence-corrected chi connectivity index (χ0v) is 12.8. The van der Waals surface area contributed by atoms with Crippen LogP contribution in [0.1, 0.15) is 28.4 Å². The van der Waals surface area contributed by atoms with Gasteiger partial charge in [-0.3, -0.25) is 0 Å². The van der Waals surface area contributed by atoms with Crippen LogP contribution in [0.15, 0.2) is 47.6 Å². The van der Waals surface area contributed by atoms with Crippen LogP contribution >= 0.6 is 11.6 Å². The zero-order chi connectivity index (χ0) is 15.5. The molecule has 2 aromatic carbocycles. The number of hydrogen-bond acceptors (Lipinski definition) is 4. The molecule has 0 saturated heterocycles. The van der Waals surface area contributed by atoms with E-state index in [1.165, 1.54) is 0 Å². The van der Waals surface area contributed by atoms with Gasteiger partial charge in [0, 0.05) is 11.4 Å². The van der Waals surface area contributed by atoms with E-state index in [9.17, 15) is 4.79 Å². The van der Waals surface area contributed by atoms with Crippen LogP contribution in [-0.4, -0.2) is 18.3 Å². The van der Waals surface area contributed by atoms with E-state index in [0.717, 1.165) is 23.3 Å². The fraction of sp³-hybridized carbons (Fsp3) is 0.176. The summed E-state index contributed by atoms with van der Waals surface area (Å²) in [5.74, 6) is 0.398. The Hall–Kier alpha value is -2.33. The van der Waals surface area contributed by atoms with Gasteiger partial charge in [0.2, 0.25) is 0 Å². The first-order chi connectivity index (χ1) is 10.6. The Kier molecular flexibility index (Phi) is 4.11. The second kappa shape index (κ2) is 6.20. The Balaban J connectivity index is 1.72. The van der Waals surface area contributed by atoms with E-state index in [0.29, 0.717) is 22.9 Å². The summed E-state index contributed by atoms with van der Waals surface area (Å²) in [5, 5.41) is 4.48. The third-order valence-electron chi connectivity index (χ3n) is 3.45. The van der Waals surface area contributed by atoms with Gasteiger partial charge >= 0.3 is 5.97 Å². The lowest BCUT2D eigenvalue weighted by Gasteiger charge is -2.04. The first kappa shape index (κ1) is 14.6. The molecule has 22 heavy (non-hydrogen) atoms. The fourth-order valence-electron chi connectivity index (χ4n) is 2.21. The number of carbonyl (C=O) groups is 1. The second-order valence-corrected chi connectivity index (χ2v) is 5.42. The Labute approximate surface area is 133 Å². The SMILES string of the molecule is CC(=NOC(=O)c1ccc(Cl)cc1)c1ccc2c(c1)CCO2. The van der Waals surface area contributed by atoms with Crippen molar-refractivity contribution >= 4 is 23.3 Å². The number of oxime groups is 1. The van der Waals surface area contributed by atoms with Crippen LogP contribution in [0, 0.1) is 0 Å². The molecule has 0 N–H and O–H groups in total. The average molecular weight is 316 g/mol. The average Bonchev–Trinajstić information content (AvgIpc) is 3.00. The molecule has 0 saturated carbocycles. The largest absolute Gasteiger partial charge is 0.493 e. The van der Waals surface area contributed by atoms with Gasteiger partial charge in [-0.1, -0.05) is 16.8 Å². The Morgan fingerprint density at radius 1 is 1.18 bits per heavy atom. The number of benzene rings is 2. The van der Waals surface area contributed by atoms with Gasteiger partial charge < -0.3 is 9.57 Å². The van der Waals surface area contributed by atoms with E-state index < -0.39 is 5.97 Å². The van der Waals surface area contributed by atoms with Crippen LogP contribution in [0.5, 0.6) is 5.75 Å². The minimum atomic E-state index is -0.513. The van der Waals surface area contributed by atoms with Crippen molar-refractivity contribution in [1.29, 1.82) is 0 Å². The molecule has 1 aliphatic rings. The highest BCUT2D eigenvalue weighted by Gasteiger charge is 2.13. The minimum absolute atomic E-state index is 0.406. The van der Waals surface area contributed by atoms with Gasteiger partial charge in [0.15, 0.2) is 0 Å². The zero-order valence-electron chi connectivity index (χ0n) is 12.0. The van der Waals surface area contributed by atoms with Crippen LogP contribution in [-0.2, 0) is 11.3 Å². The molecule has 4 nitrogen and oxygen atoms in total. The highest BCUT2D eigenvalue weighted by atomic mass is 35.5. The summed E-state index contributed by atoms with van der Waals surface area (Å²) in [6, 6.07) is 12.3. The highest BCUT2D eigenvalue weighted by molar-refractivity contribution is 6.30. The topological polar surface area (TPSA) is 47.9 Å². The summed E-state index contributed by atoms with van der Waals surface area (Å²) < 4.78 is 5.46. The molecule has 3 rings (SSSR count). The smallest absolute Gasteiger partial charge is 0.365 e. The number of ether oxygens (including phenoxy) is 1. The van der Waals surface area contributed by atoms with Crippen molar-refractivity contribution in [3.05, 3.63) is 64.2 Å². The maximum Gasteiger partial charge on any atom is 0.365 e. The van der Waals surface area contributed by atoms with Gasteiger partial charge in [-0.15, -0.1) is 0 Å². The molecular weight excluding hydrogens is 302 g/mol. The first-order valence-corrected chi connectivity index (χ1v) is 7.29. The second-order valence-electron chi connectivity index (χ2n) is 4.98. The number of halogens is 1. The van der Waals surface area contributed by atoms with E-state index in [1.54, 1.807) is 31.2 Å². The van der Waals surface area contributed by atoms with Gasteiger partial charge in [0.1, 0.15) is 5.75 Å². The van der Waals surface area contributed by atoms with E-state index in [4.69, 9.17) is 21.2 Å². The lowest BCUT2D eigenvalue weighted by Crippen LogP contribution is -2.04. The molecule has 0 radical (unpaired) electrons. The number of fused-ring (bicyclic) bond motifs is 1. The predicted octanol–water partition coefficient (Wildman–Crippen LogP) is 3.86. The Morgan fingerprint density at radius 2 is 1.91 bits per heavy atom. The molecule has 0 bridgehead atoms. The molecule has 1 aliphatic heterocycles. The fourth-order valence-corrected chi connectivity index (χ4v) is 2.34. The Morgan fingerprint density at radius 3 is 2.68 bits per heavy atom. The summed E-state index contributed by atoms with van der Waals surface area (Å²) in [7, 11) is 0. The summed E-state index contributed by atoms with van der Waals surface area (Å²) in [4.78, 5) is 16.9. The standard InChI is InChI=1S/C17H14ClNO3/c1-11(13-4-7-16-14(10-13)8-9-21-16)19-22-17(20)12-2-5-15(18)6-3-12/h2-7,10H,8-9H2,1H3. The van der Waals surface area contributed by atoms with Crippen molar-refractivity contribution in [2.24, 2.45) is 5.16 Å². The van der Waals surface area contributed by atoms with Crippen molar-refractivity contribution in [2.45, 2.75) is 13.3 Å². The summed E-state index contributed by atoms with van der Waals surface area (Å²) in [5.41, 5.74) is 3.10. The molecule has 0 aromatic heterocycles. The van der Waals surface area contributed by atoms with Gasteiger partial charge in [-0.25, -0.2) is 4.79 Å². The molecule has 112 valence electrons. The monoisotopic (exact) mass is 315 g/mol. The predicted molar refractivity (Wildman–Crippen MR) is 84.7 cm³/mol. The van der Waals surface area contributed by atoms with Crippen LogP contribution in [0.4, 0.5) is 0 Å². The third-order valence-corrected chi connectivity index (χ3v) is 3.70. The molecular formula is C17H14ClNO3. The van der Waals surface area contributed by atoms with Gasteiger partial charge in [0.05, 0.1) is 17.9 Å². The molecule has 0 fully saturated rings. The molecule has 0 spiro atoms. The minimum Gasteiger partial charge on any atom is -0.493 e. The lowest BCUT2D eigenvalue weighted by molar-refractivity contribution is 0.0516. The van der Waals surface area contributed by atoms with Crippen LogP contribution in [0.25, 0.3) is 0 Å². The first-order valence-electron chi connectivity index (χ1n) is 6.91. The summed E-state index contributed by atoms with van der Waals surface area (Å²) >= 11 is 5.78. The molecule has 2 aromatic rings. The van der Waals surface area contributed by atoms with Crippen molar-refractivity contribution < 1.29 is 14.4 Å². The van der Waals surface area contributed by atoms with Crippen molar-refractivity contribution in [3.63, 3.8) is 0 Å². The van der Waals surface area contributed by atoms with Crippen LogP contribution in [0.2, 0.25) is 5.02 Å². The van der Waals surface area contributed by atoms with Gasteiger partial charge in [0.25, 0.3) is 0 Å². The van der Waals surface area contributed by atoms with Crippen LogP contribution in [0.3, 0.4) is 0 Å². The third kappa shape index (κ3) is 3.12. The van der Waals surface area contributed by atoms with Gasteiger partial charge in [-0.05, 0) is 60.5 Å². The molecule has 5 heteroatoms. The summed E-state index contributed by atoms with van der Waals surface area (Å²) in [6.45, 7) is 2.51. The quantitative estimate of drug-likeness (QED) is 0.491. The molecule has 1 heterocycles.